The van der Waals surface area contributed by atoms with E-state index >= 15 is 0 Å². The summed E-state index contributed by atoms with van der Waals surface area (Å²) >= 11 is 0. The van der Waals surface area contributed by atoms with Gasteiger partial charge in [-0.05, 0) is 20.8 Å². The molecule has 0 amide bonds. The van der Waals surface area contributed by atoms with Crippen molar-refractivity contribution in [3.63, 3.8) is 0 Å². The Morgan fingerprint density at radius 3 is 2.12 bits per heavy atom. The van der Waals surface area contributed by atoms with Crippen LogP contribution in [0.5, 0.6) is 0 Å². The predicted molar refractivity (Wildman–Crippen MR) is 102 cm³/mol. The molecule has 9 unspecified atom stereocenters. The fourth-order valence-corrected chi connectivity index (χ4v) is 4.98. The lowest BCUT2D eigenvalue weighted by atomic mass is 9.71. The summed E-state index contributed by atoms with van der Waals surface area (Å²) in [6.07, 6.45) is -5.97. The van der Waals surface area contributed by atoms with Crippen LogP contribution in [0.3, 0.4) is 0 Å². The minimum absolute atomic E-state index is 0.572. The van der Waals surface area contributed by atoms with Gasteiger partial charge in [0.05, 0.1) is 23.4 Å². The molecular weight excluding hydrogens is 474 g/mol. The standard InChI is InChI=1S/C19H26F2O11S/c1-6(15(22)29-8(3)19(20,21)33(26,27)28)7(2)16(23)31-14-12-10(18(4,5)25)9-11(30-12)13(14)32-17(9)24/h6-14,25H,1-5H3,(H,26,27,28). The van der Waals surface area contributed by atoms with Crippen molar-refractivity contribution in [1.82, 2.24) is 0 Å². The summed E-state index contributed by atoms with van der Waals surface area (Å²) in [6, 6.07) is 0. The van der Waals surface area contributed by atoms with E-state index in [0.717, 1.165) is 0 Å². The topological polar surface area (TPSA) is 163 Å². The van der Waals surface area contributed by atoms with E-state index in [1.165, 1.54) is 27.7 Å². The van der Waals surface area contributed by atoms with E-state index in [1.807, 2.05) is 0 Å². The van der Waals surface area contributed by atoms with Gasteiger partial charge in [0.2, 0.25) is 0 Å². The van der Waals surface area contributed by atoms with Crippen molar-refractivity contribution in [3.8, 4) is 0 Å². The van der Waals surface area contributed by atoms with Gasteiger partial charge in [-0.3, -0.25) is 18.9 Å². The van der Waals surface area contributed by atoms with Crippen molar-refractivity contribution in [1.29, 1.82) is 0 Å². The van der Waals surface area contributed by atoms with Crippen LogP contribution in [0.15, 0.2) is 0 Å². The summed E-state index contributed by atoms with van der Waals surface area (Å²) in [7, 11) is -5.84. The first-order valence-corrected chi connectivity index (χ1v) is 11.7. The fraction of sp³-hybridized carbons (Fsp3) is 0.842. The first kappa shape index (κ1) is 25.7. The number of rotatable bonds is 8. The molecule has 0 aromatic carbocycles. The third-order valence-electron chi connectivity index (χ3n) is 6.58. The molecule has 0 spiro atoms. The third kappa shape index (κ3) is 4.21. The number of aliphatic hydroxyl groups is 1. The number of halogens is 2. The Morgan fingerprint density at radius 1 is 1.06 bits per heavy atom. The molecule has 0 radical (unpaired) electrons. The van der Waals surface area contributed by atoms with E-state index in [-0.39, 0.29) is 0 Å². The molecule has 3 aliphatic heterocycles. The van der Waals surface area contributed by atoms with Gasteiger partial charge in [-0.1, -0.05) is 13.8 Å². The second-order valence-electron chi connectivity index (χ2n) is 9.27. The molecule has 14 heteroatoms. The van der Waals surface area contributed by atoms with E-state index < -0.39 is 93.1 Å². The zero-order chi connectivity index (χ0) is 25.3. The van der Waals surface area contributed by atoms with E-state index in [9.17, 15) is 36.7 Å². The Labute approximate surface area is 188 Å². The van der Waals surface area contributed by atoms with Crippen LogP contribution < -0.4 is 0 Å². The Hall–Kier alpha value is -1.90. The number of ether oxygens (including phenoxy) is 4. The number of alkyl halides is 2. The van der Waals surface area contributed by atoms with Gasteiger partial charge in [-0.25, -0.2) is 0 Å². The molecule has 0 aromatic heterocycles. The predicted octanol–water partition coefficient (Wildman–Crippen LogP) is 0.292. The van der Waals surface area contributed by atoms with E-state index in [2.05, 4.69) is 4.74 Å². The quantitative estimate of drug-likeness (QED) is 0.268. The van der Waals surface area contributed by atoms with E-state index in [4.69, 9.17) is 18.8 Å². The average molecular weight is 500 g/mol. The molecule has 3 aliphatic rings. The summed E-state index contributed by atoms with van der Waals surface area (Å²) in [6.45, 7) is 6.02. The van der Waals surface area contributed by atoms with Gasteiger partial charge < -0.3 is 24.1 Å². The Balaban J connectivity index is 1.67. The van der Waals surface area contributed by atoms with Crippen molar-refractivity contribution in [3.05, 3.63) is 0 Å². The number of hydrogen-bond acceptors (Lipinski definition) is 10. The zero-order valence-electron chi connectivity index (χ0n) is 18.4. The maximum atomic E-state index is 13.6. The van der Waals surface area contributed by atoms with Gasteiger partial charge in [-0.2, -0.15) is 17.2 Å². The molecule has 2 N–H and O–H groups in total. The molecule has 11 nitrogen and oxygen atoms in total. The largest absolute Gasteiger partial charge is 0.455 e. The molecule has 3 fully saturated rings. The Morgan fingerprint density at radius 2 is 1.61 bits per heavy atom. The summed E-state index contributed by atoms with van der Waals surface area (Å²) in [4.78, 5) is 37.2. The molecule has 3 heterocycles. The highest BCUT2D eigenvalue weighted by atomic mass is 32.2. The minimum Gasteiger partial charge on any atom is -0.455 e. The monoisotopic (exact) mass is 500 g/mol. The highest BCUT2D eigenvalue weighted by Crippen LogP contribution is 2.54. The Kier molecular flexibility index (Phi) is 6.31. The van der Waals surface area contributed by atoms with E-state index in [1.54, 1.807) is 0 Å². The summed E-state index contributed by atoms with van der Waals surface area (Å²) in [5.41, 5.74) is -1.35. The average Bonchev–Trinajstić information content (AvgIpc) is 3.28. The molecule has 0 aliphatic carbocycles. The number of carbonyl (C=O) groups is 3. The van der Waals surface area contributed by atoms with Crippen LogP contribution in [-0.4, -0.2) is 77.4 Å². The van der Waals surface area contributed by atoms with Gasteiger partial charge in [0.1, 0.15) is 12.2 Å². The van der Waals surface area contributed by atoms with Crippen molar-refractivity contribution in [2.75, 3.05) is 0 Å². The molecular formula is C19H26F2O11S. The smallest absolute Gasteiger partial charge is 0.405 e. The van der Waals surface area contributed by atoms with E-state index in [0.29, 0.717) is 6.92 Å². The van der Waals surface area contributed by atoms with Crippen LogP contribution in [0.25, 0.3) is 0 Å². The van der Waals surface area contributed by atoms with Crippen molar-refractivity contribution in [2.24, 2.45) is 23.7 Å². The minimum atomic E-state index is -5.84. The number of hydrogen-bond donors (Lipinski definition) is 2. The van der Waals surface area contributed by atoms with Crippen LogP contribution in [0.1, 0.15) is 34.6 Å². The van der Waals surface area contributed by atoms with Crippen LogP contribution in [0.2, 0.25) is 0 Å². The normalized spacial score (nSPS) is 33.9. The number of carbonyl (C=O) groups excluding carboxylic acids is 3. The third-order valence-corrected chi connectivity index (χ3v) is 7.60. The summed E-state index contributed by atoms with van der Waals surface area (Å²) in [5, 5.41) is 5.75. The lowest BCUT2D eigenvalue weighted by Gasteiger charge is -2.36. The fourth-order valence-electron chi connectivity index (χ4n) is 4.51. The highest BCUT2D eigenvalue weighted by molar-refractivity contribution is 7.86. The second kappa shape index (κ2) is 8.10. The molecule has 3 saturated heterocycles. The molecule has 0 aromatic rings. The first-order chi connectivity index (χ1) is 14.9. The lowest BCUT2D eigenvalue weighted by Crippen LogP contribution is -2.52. The van der Waals surface area contributed by atoms with Crippen LogP contribution in [-0.2, 0) is 43.4 Å². The molecule has 3 rings (SSSR count). The van der Waals surface area contributed by atoms with Gasteiger partial charge in [0.15, 0.2) is 18.3 Å². The van der Waals surface area contributed by atoms with Gasteiger partial charge >= 0.3 is 33.3 Å². The molecule has 188 valence electrons. The van der Waals surface area contributed by atoms with Crippen molar-refractivity contribution < 1.29 is 60.2 Å². The van der Waals surface area contributed by atoms with Crippen molar-refractivity contribution >= 4 is 28.0 Å². The second-order valence-corrected chi connectivity index (χ2v) is 10.8. The first-order valence-electron chi connectivity index (χ1n) is 10.2. The lowest BCUT2D eigenvalue weighted by molar-refractivity contribution is -0.175. The maximum Gasteiger partial charge on any atom is 0.405 e. The number of fused-ring (bicyclic) bond motifs is 1. The molecule has 9 atom stereocenters. The van der Waals surface area contributed by atoms with Crippen molar-refractivity contribution in [2.45, 2.75) is 76.0 Å². The molecule has 0 saturated carbocycles. The molecule has 33 heavy (non-hydrogen) atoms. The SMILES string of the molecule is CC(C(=O)OC1C2OC(=O)C3C2OC1C3C(C)(C)O)C(C)C(=O)OC(C)C(F)(F)S(=O)(=O)O. The zero-order valence-corrected chi connectivity index (χ0v) is 19.2. The number of esters is 3. The van der Waals surface area contributed by atoms with Gasteiger partial charge in [0.25, 0.3) is 0 Å². The summed E-state index contributed by atoms with van der Waals surface area (Å²) in [5.74, 6) is -6.79. The van der Waals surface area contributed by atoms with Gasteiger partial charge in [0, 0.05) is 5.92 Å². The summed E-state index contributed by atoms with van der Waals surface area (Å²) < 4.78 is 78.4. The highest BCUT2D eigenvalue weighted by Gasteiger charge is 2.72. The maximum absolute atomic E-state index is 13.6. The van der Waals surface area contributed by atoms with Crippen LogP contribution >= 0.6 is 0 Å². The Bertz CT molecular complexity index is 944. The van der Waals surface area contributed by atoms with Gasteiger partial charge in [-0.15, -0.1) is 0 Å². The van der Waals surface area contributed by atoms with Crippen LogP contribution in [0, 0.1) is 23.7 Å². The molecule has 2 bridgehead atoms. The van der Waals surface area contributed by atoms with Crippen LogP contribution in [0.4, 0.5) is 8.78 Å².